The van der Waals surface area contributed by atoms with Crippen LogP contribution in [0.4, 0.5) is 11.4 Å². The molecule has 41 heavy (non-hydrogen) atoms. The zero-order valence-corrected chi connectivity index (χ0v) is 24.2. The summed E-state index contributed by atoms with van der Waals surface area (Å²) in [6.45, 7) is 5.85. The molecule has 7 nitrogen and oxygen atoms in total. The maximum atomic E-state index is 13.5. The van der Waals surface area contributed by atoms with Gasteiger partial charge in [-0.15, -0.1) is 0 Å². The van der Waals surface area contributed by atoms with Gasteiger partial charge in [-0.05, 0) is 93.8 Å². The van der Waals surface area contributed by atoms with E-state index in [-0.39, 0.29) is 11.9 Å². The molecule has 0 radical (unpaired) electrons. The molecule has 1 aliphatic heterocycles. The van der Waals surface area contributed by atoms with Crippen molar-refractivity contribution in [3.05, 3.63) is 83.8 Å². The number of carboxylic acids is 1. The smallest absolute Gasteiger partial charge is 0.337 e. The van der Waals surface area contributed by atoms with Crippen LogP contribution in [0.15, 0.2) is 71.3 Å². The van der Waals surface area contributed by atoms with Gasteiger partial charge < -0.3 is 24.6 Å². The van der Waals surface area contributed by atoms with Gasteiger partial charge >= 0.3 is 5.97 Å². The number of carbonyl (C=O) groups excluding carboxylic acids is 1. The van der Waals surface area contributed by atoms with Crippen molar-refractivity contribution in [3.8, 4) is 0 Å². The van der Waals surface area contributed by atoms with Crippen molar-refractivity contribution >= 4 is 23.3 Å². The molecule has 0 atom stereocenters. The average molecular weight is 558 g/mol. The maximum absolute atomic E-state index is 13.5. The van der Waals surface area contributed by atoms with Crippen molar-refractivity contribution in [2.75, 3.05) is 36.4 Å². The van der Waals surface area contributed by atoms with Gasteiger partial charge in [-0.1, -0.05) is 49.1 Å². The Balaban J connectivity index is 1.18. The van der Waals surface area contributed by atoms with E-state index in [0.29, 0.717) is 22.4 Å². The summed E-state index contributed by atoms with van der Waals surface area (Å²) in [4.78, 5) is 29.6. The number of aryl methyl sites for hydroxylation is 1. The van der Waals surface area contributed by atoms with Gasteiger partial charge in [0.2, 0.25) is 0 Å². The molecule has 2 aromatic carbocycles. The molecule has 3 aromatic rings. The Morgan fingerprint density at radius 1 is 0.976 bits per heavy atom. The van der Waals surface area contributed by atoms with E-state index in [0.717, 1.165) is 57.5 Å². The van der Waals surface area contributed by atoms with E-state index in [2.05, 4.69) is 29.3 Å². The number of para-hydroxylation sites is 1. The topological polar surface area (TPSA) is 86.0 Å². The monoisotopic (exact) mass is 557 g/mol. The average Bonchev–Trinajstić information content (AvgIpc) is 3.54. The first-order valence-corrected chi connectivity index (χ1v) is 15.2. The van der Waals surface area contributed by atoms with Gasteiger partial charge in [-0.25, -0.2) is 4.79 Å². The normalized spacial score (nSPS) is 17.7. The quantitative estimate of drug-likeness (QED) is 0.258. The van der Waals surface area contributed by atoms with Crippen LogP contribution in [0, 0.1) is 12.3 Å². The number of amides is 1. The number of hydrogen-bond donors (Lipinski definition) is 2. The lowest BCUT2D eigenvalue weighted by Crippen LogP contribution is -2.48. The number of aromatic carboxylic acids is 1. The Labute approximate surface area is 243 Å². The fourth-order valence-electron chi connectivity index (χ4n) is 6.73. The van der Waals surface area contributed by atoms with E-state index in [9.17, 15) is 14.7 Å². The Bertz CT molecular complexity index is 1270. The molecule has 2 aliphatic rings. The van der Waals surface area contributed by atoms with Crippen LogP contribution in [0.25, 0.3) is 0 Å². The second kappa shape index (κ2) is 13.4. The molecule has 1 aliphatic carbocycles. The minimum absolute atomic E-state index is 0.0737. The highest BCUT2D eigenvalue weighted by Crippen LogP contribution is 2.42. The lowest BCUT2D eigenvalue weighted by Gasteiger charge is -2.42. The van der Waals surface area contributed by atoms with Gasteiger partial charge in [-0.2, -0.15) is 0 Å². The summed E-state index contributed by atoms with van der Waals surface area (Å²) in [6, 6.07) is 19.0. The zero-order chi connectivity index (χ0) is 28.7. The van der Waals surface area contributed by atoms with E-state index in [1.165, 1.54) is 37.7 Å². The Morgan fingerprint density at radius 3 is 2.39 bits per heavy atom. The summed E-state index contributed by atoms with van der Waals surface area (Å²) in [6.07, 6.45) is 12.0. The maximum Gasteiger partial charge on any atom is 0.337 e. The van der Waals surface area contributed by atoms with Crippen molar-refractivity contribution in [2.24, 2.45) is 5.41 Å². The second-order valence-corrected chi connectivity index (χ2v) is 11.9. The fraction of sp³-hybridized carbons (Fsp3) is 0.471. The predicted octanol–water partition coefficient (Wildman–Crippen LogP) is 7.24. The largest absolute Gasteiger partial charge is 0.478 e. The predicted molar refractivity (Wildman–Crippen MR) is 163 cm³/mol. The highest BCUT2D eigenvalue weighted by Gasteiger charge is 2.34. The van der Waals surface area contributed by atoms with Gasteiger partial charge in [0.25, 0.3) is 5.91 Å². The molecule has 0 spiro atoms. The summed E-state index contributed by atoms with van der Waals surface area (Å²) in [5.74, 6) is -0.585. The van der Waals surface area contributed by atoms with Crippen LogP contribution in [0.3, 0.4) is 0 Å². The molecule has 1 saturated carbocycles. The first-order chi connectivity index (χ1) is 19.9. The Hall–Kier alpha value is -3.58. The van der Waals surface area contributed by atoms with Crippen molar-refractivity contribution in [1.82, 2.24) is 4.90 Å². The molecule has 1 saturated heterocycles. The molecular formula is C34H43N3O4. The van der Waals surface area contributed by atoms with Crippen LogP contribution in [-0.2, 0) is 0 Å². The van der Waals surface area contributed by atoms with Crippen LogP contribution in [-0.4, -0.2) is 54.1 Å². The fourth-order valence-corrected chi connectivity index (χ4v) is 6.73. The third-order valence-electron chi connectivity index (χ3n) is 9.19. The molecule has 7 heteroatoms. The van der Waals surface area contributed by atoms with E-state index >= 15 is 0 Å². The summed E-state index contributed by atoms with van der Waals surface area (Å²) < 4.78 is 5.49. The number of likely N-dealkylation sites (tertiary alicyclic amines) is 1. The first-order valence-electron chi connectivity index (χ1n) is 15.2. The lowest BCUT2D eigenvalue weighted by molar-refractivity contribution is 0.0697. The molecule has 0 bridgehead atoms. The van der Waals surface area contributed by atoms with E-state index in [4.69, 9.17) is 4.42 Å². The SMILES string of the molecule is Cc1ccc(N(C(=O)c2ccco2)C2CCN(CCC3(CCNc4ccccc4C(=O)O)CCCCC3)CC2)cc1. The number of nitrogens with one attached hydrogen (secondary N) is 1. The van der Waals surface area contributed by atoms with Gasteiger partial charge in [-0.3, -0.25) is 4.79 Å². The van der Waals surface area contributed by atoms with Crippen molar-refractivity contribution in [1.29, 1.82) is 0 Å². The van der Waals surface area contributed by atoms with Crippen LogP contribution in [0.5, 0.6) is 0 Å². The molecule has 0 unspecified atom stereocenters. The van der Waals surface area contributed by atoms with E-state index < -0.39 is 5.97 Å². The third kappa shape index (κ3) is 7.20. The number of piperidine rings is 1. The van der Waals surface area contributed by atoms with Crippen molar-refractivity contribution < 1.29 is 19.1 Å². The molecule has 218 valence electrons. The highest BCUT2D eigenvalue weighted by molar-refractivity contribution is 6.04. The summed E-state index contributed by atoms with van der Waals surface area (Å²) in [7, 11) is 0. The molecule has 5 rings (SSSR count). The number of carbonyl (C=O) groups is 2. The van der Waals surface area contributed by atoms with Gasteiger partial charge in [0.15, 0.2) is 5.76 Å². The lowest BCUT2D eigenvalue weighted by atomic mass is 9.69. The summed E-state index contributed by atoms with van der Waals surface area (Å²) >= 11 is 0. The number of furan rings is 1. The second-order valence-electron chi connectivity index (χ2n) is 11.9. The van der Waals surface area contributed by atoms with Crippen LogP contribution >= 0.6 is 0 Å². The molecule has 2 heterocycles. The Kier molecular flexibility index (Phi) is 9.45. The minimum atomic E-state index is -0.893. The van der Waals surface area contributed by atoms with Gasteiger partial charge in [0, 0.05) is 37.1 Å². The van der Waals surface area contributed by atoms with Crippen LogP contribution in [0.1, 0.15) is 84.3 Å². The van der Waals surface area contributed by atoms with Crippen LogP contribution < -0.4 is 10.2 Å². The molecule has 1 amide bonds. The number of anilines is 2. The number of benzene rings is 2. The summed E-state index contributed by atoms with van der Waals surface area (Å²) in [5, 5.41) is 13.0. The first kappa shape index (κ1) is 28.9. The van der Waals surface area contributed by atoms with Gasteiger partial charge in [0.1, 0.15) is 0 Å². The van der Waals surface area contributed by atoms with Gasteiger partial charge in [0.05, 0.1) is 11.8 Å². The number of carboxylic acid groups (broad SMARTS) is 1. The van der Waals surface area contributed by atoms with Crippen molar-refractivity contribution in [3.63, 3.8) is 0 Å². The highest BCUT2D eigenvalue weighted by atomic mass is 16.4. The third-order valence-corrected chi connectivity index (χ3v) is 9.19. The molecule has 1 aromatic heterocycles. The van der Waals surface area contributed by atoms with E-state index in [1.807, 2.05) is 29.2 Å². The number of nitrogens with zero attached hydrogens (tertiary/aromatic N) is 2. The minimum Gasteiger partial charge on any atom is -0.478 e. The number of hydrogen-bond acceptors (Lipinski definition) is 5. The van der Waals surface area contributed by atoms with Crippen molar-refractivity contribution in [2.45, 2.75) is 70.8 Å². The standard InChI is InChI=1S/C34H43N3O4/c1-26-11-13-27(14-12-26)37(32(38)31-10-7-25-41-31)28-15-22-36(23-16-28)24-20-34(17-5-2-6-18-34)19-21-35-30-9-4-3-8-29(30)33(39)40/h3-4,7-14,25,28,35H,2,5-6,15-24H2,1H3,(H,39,40). The molecule has 2 fully saturated rings. The van der Waals surface area contributed by atoms with Crippen LogP contribution in [0.2, 0.25) is 0 Å². The van der Waals surface area contributed by atoms with E-state index in [1.54, 1.807) is 30.5 Å². The molecule has 2 N–H and O–H groups in total. The zero-order valence-electron chi connectivity index (χ0n) is 24.2. The summed E-state index contributed by atoms with van der Waals surface area (Å²) in [5.41, 5.74) is 3.43. The Morgan fingerprint density at radius 2 is 1.71 bits per heavy atom. The molecular weight excluding hydrogens is 514 g/mol. The number of rotatable bonds is 11.